The average molecular weight is 353 g/mol. The molecule has 0 saturated heterocycles. The van der Waals surface area contributed by atoms with Gasteiger partial charge in [0.2, 0.25) is 0 Å². The number of rotatable bonds is 6. The summed E-state index contributed by atoms with van der Waals surface area (Å²) in [5.74, 6) is 1.14. The number of nitrogens with zero attached hydrogens (tertiary/aromatic N) is 2. The van der Waals surface area contributed by atoms with Crippen LogP contribution < -0.4 is 10.1 Å². The molecule has 0 aliphatic heterocycles. The van der Waals surface area contributed by atoms with Crippen molar-refractivity contribution in [3.8, 4) is 11.5 Å². The topological polar surface area (TPSA) is 54.5 Å². The maximum absolute atomic E-state index is 12.4. The molecule has 0 fully saturated rings. The van der Waals surface area contributed by atoms with E-state index in [1.807, 2.05) is 60.8 Å². The van der Waals surface area contributed by atoms with Crippen LogP contribution >= 0.6 is 11.3 Å². The molecule has 25 heavy (non-hydrogen) atoms. The van der Waals surface area contributed by atoms with Gasteiger partial charge in [-0.2, -0.15) is 0 Å². The number of carbonyl (C=O) groups excluding carboxylic acids is 1. The first-order valence-electron chi connectivity index (χ1n) is 7.83. The van der Waals surface area contributed by atoms with E-state index in [-0.39, 0.29) is 5.91 Å². The Hall–Kier alpha value is -2.70. The van der Waals surface area contributed by atoms with Crippen molar-refractivity contribution in [1.82, 2.24) is 9.88 Å². The molecule has 2 aromatic carbocycles. The first-order valence-corrected chi connectivity index (χ1v) is 8.71. The Bertz CT molecular complexity index is 847. The minimum Gasteiger partial charge on any atom is -0.457 e. The first kappa shape index (κ1) is 17.1. The molecular weight excluding hydrogens is 334 g/mol. The van der Waals surface area contributed by atoms with E-state index in [9.17, 15) is 4.79 Å². The van der Waals surface area contributed by atoms with Gasteiger partial charge in [0.05, 0.1) is 5.69 Å². The average Bonchev–Trinajstić information content (AvgIpc) is 3.02. The standard InChI is InChI=1S/C19H19N3O2S/c1-22(2)12-15-13-25-19(20-15)21-18(23)14-7-6-10-17(11-14)24-16-8-4-3-5-9-16/h3-11,13H,12H2,1-2H3,(H,20,21,23). The van der Waals surface area contributed by atoms with Gasteiger partial charge < -0.3 is 9.64 Å². The number of ether oxygens (including phenoxy) is 1. The van der Waals surface area contributed by atoms with E-state index in [1.54, 1.807) is 18.2 Å². The third-order valence-corrected chi connectivity index (χ3v) is 4.13. The Morgan fingerprint density at radius 2 is 1.88 bits per heavy atom. The fraction of sp³-hybridized carbons (Fsp3) is 0.158. The molecule has 1 amide bonds. The largest absolute Gasteiger partial charge is 0.457 e. The minimum absolute atomic E-state index is 0.204. The highest BCUT2D eigenvalue weighted by molar-refractivity contribution is 7.13. The number of carbonyl (C=O) groups is 1. The molecule has 0 saturated carbocycles. The molecule has 0 radical (unpaired) electrons. The van der Waals surface area contributed by atoms with Gasteiger partial charge in [-0.15, -0.1) is 11.3 Å². The van der Waals surface area contributed by atoms with Crippen LogP contribution in [0.25, 0.3) is 0 Å². The third-order valence-electron chi connectivity index (χ3n) is 3.33. The lowest BCUT2D eigenvalue weighted by Gasteiger charge is -2.07. The molecule has 128 valence electrons. The van der Waals surface area contributed by atoms with Gasteiger partial charge in [0.15, 0.2) is 5.13 Å². The second-order valence-corrected chi connectivity index (χ2v) is 6.64. The van der Waals surface area contributed by atoms with Crippen molar-refractivity contribution < 1.29 is 9.53 Å². The van der Waals surface area contributed by atoms with Crippen molar-refractivity contribution in [2.45, 2.75) is 6.54 Å². The van der Waals surface area contributed by atoms with Crippen LogP contribution in [0.4, 0.5) is 5.13 Å². The zero-order valence-electron chi connectivity index (χ0n) is 14.1. The molecule has 1 heterocycles. The Morgan fingerprint density at radius 3 is 2.64 bits per heavy atom. The molecule has 0 unspecified atom stereocenters. The quantitative estimate of drug-likeness (QED) is 0.720. The summed E-state index contributed by atoms with van der Waals surface area (Å²) in [5.41, 5.74) is 1.46. The maximum Gasteiger partial charge on any atom is 0.257 e. The summed E-state index contributed by atoms with van der Waals surface area (Å²) in [5, 5.41) is 5.38. The molecular formula is C19H19N3O2S. The number of benzene rings is 2. The molecule has 3 aromatic rings. The van der Waals surface area contributed by atoms with Crippen molar-refractivity contribution in [2.24, 2.45) is 0 Å². The zero-order chi connectivity index (χ0) is 17.6. The Kier molecular flexibility index (Phi) is 5.42. The lowest BCUT2D eigenvalue weighted by Crippen LogP contribution is -2.13. The highest BCUT2D eigenvalue weighted by atomic mass is 32.1. The fourth-order valence-electron chi connectivity index (χ4n) is 2.26. The van der Waals surface area contributed by atoms with Crippen molar-refractivity contribution in [3.63, 3.8) is 0 Å². The summed E-state index contributed by atoms with van der Waals surface area (Å²) in [7, 11) is 3.96. The van der Waals surface area contributed by atoms with Gasteiger partial charge in [0.25, 0.3) is 5.91 Å². The van der Waals surface area contributed by atoms with Crippen LogP contribution in [0.15, 0.2) is 60.0 Å². The molecule has 5 nitrogen and oxygen atoms in total. The maximum atomic E-state index is 12.4. The van der Waals surface area contributed by atoms with E-state index in [0.717, 1.165) is 18.0 Å². The number of anilines is 1. The molecule has 0 aliphatic carbocycles. The number of hydrogen-bond acceptors (Lipinski definition) is 5. The predicted octanol–water partition coefficient (Wildman–Crippen LogP) is 4.25. The van der Waals surface area contributed by atoms with Crippen molar-refractivity contribution in [1.29, 1.82) is 0 Å². The lowest BCUT2D eigenvalue weighted by atomic mass is 10.2. The number of thiazole rings is 1. The van der Waals surface area contributed by atoms with Crippen molar-refractivity contribution >= 4 is 22.4 Å². The number of aromatic nitrogens is 1. The van der Waals surface area contributed by atoms with Gasteiger partial charge in [0, 0.05) is 17.5 Å². The molecule has 0 aliphatic rings. The number of nitrogens with one attached hydrogen (secondary N) is 1. The second kappa shape index (κ2) is 7.92. The van der Waals surface area contributed by atoms with Crippen LogP contribution in [-0.4, -0.2) is 29.9 Å². The van der Waals surface area contributed by atoms with Gasteiger partial charge in [-0.25, -0.2) is 4.98 Å². The third kappa shape index (κ3) is 4.89. The molecule has 0 atom stereocenters. The van der Waals surface area contributed by atoms with Crippen LogP contribution in [0.2, 0.25) is 0 Å². The molecule has 1 N–H and O–H groups in total. The normalized spacial score (nSPS) is 10.7. The van der Waals surface area contributed by atoms with Crippen LogP contribution in [0.1, 0.15) is 16.1 Å². The summed E-state index contributed by atoms with van der Waals surface area (Å²) >= 11 is 1.42. The summed E-state index contributed by atoms with van der Waals surface area (Å²) in [6.07, 6.45) is 0. The first-order chi connectivity index (χ1) is 12.1. The zero-order valence-corrected chi connectivity index (χ0v) is 14.9. The minimum atomic E-state index is -0.204. The number of hydrogen-bond donors (Lipinski definition) is 1. The summed E-state index contributed by atoms with van der Waals surface area (Å²) in [6.45, 7) is 0.743. The molecule has 3 rings (SSSR count). The smallest absolute Gasteiger partial charge is 0.257 e. The van der Waals surface area contributed by atoms with Crippen molar-refractivity contribution in [2.75, 3.05) is 19.4 Å². The van der Waals surface area contributed by atoms with Gasteiger partial charge >= 0.3 is 0 Å². The van der Waals surface area contributed by atoms with Gasteiger partial charge in [-0.3, -0.25) is 10.1 Å². The van der Waals surface area contributed by atoms with E-state index >= 15 is 0 Å². The van der Waals surface area contributed by atoms with E-state index in [0.29, 0.717) is 16.4 Å². The van der Waals surface area contributed by atoms with Crippen LogP contribution in [0, 0.1) is 0 Å². The summed E-state index contributed by atoms with van der Waals surface area (Å²) < 4.78 is 5.77. The SMILES string of the molecule is CN(C)Cc1csc(NC(=O)c2cccc(Oc3ccccc3)c2)n1. The Labute approximate surface area is 150 Å². The van der Waals surface area contributed by atoms with Crippen LogP contribution in [-0.2, 0) is 6.54 Å². The van der Waals surface area contributed by atoms with Gasteiger partial charge in [-0.1, -0.05) is 24.3 Å². The second-order valence-electron chi connectivity index (χ2n) is 5.78. The summed E-state index contributed by atoms with van der Waals surface area (Å²) in [6, 6.07) is 16.6. The van der Waals surface area contributed by atoms with Gasteiger partial charge in [0.1, 0.15) is 11.5 Å². The number of amides is 1. The highest BCUT2D eigenvalue weighted by Crippen LogP contribution is 2.23. The Morgan fingerprint density at radius 1 is 1.12 bits per heavy atom. The Balaban J connectivity index is 1.68. The van der Waals surface area contributed by atoms with Crippen LogP contribution in [0.5, 0.6) is 11.5 Å². The van der Waals surface area contributed by atoms with E-state index < -0.39 is 0 Å². The molecule has 1 aromatic heterocycles. The summed E-state index contributed by atoms with van der Waals surface area (Å²) in [4.78, 5) is 18.9. The molecule has 6 heteroatoms. The van der Waals surface area contributed by atoms with Crippen molar-refractivity contribution in [3.05, 3.63) is 71.2 Å². The lowest BCUT2D eigenvalue weighted by molar-refractivity contribution is 0.102. The molecule has 0 spiro atoms. The van der Waals surface area contributed by atoms with E-state index in [1.165, 1.54) is 11.3 Å². The van der Waals surface area contributed by atoms with E-state index in [4.69, 9.17) is 4.74 Å². The fourth-order valence-corrected chi connectivity index (χ4v) is 2.95. The van der Waals surface area contributed by atoms with Gasteiger partial charge in [-0.05, 0) is 44.4 Å². The van der Waals surface area contributed by atoms with Crippen LogP contribution in [0.3, 0.4) is 0 Å². The molecule has 0 bridgehead atoms. The number of para-hydroxylation sites is 1. The highest BCUT2D eigenvalue weighted by Gasteiger charge is 2.10. The predicted molar refractivity (Wildman–Crippen MR) is 100 cm³/mol. The van der Waals surface area contributed by atoms with E-state index in [2.05, 4.69) is 10.3 Å². The monoisotopic (exact) mass is 353 g/mol.